The summed E-state index contributed by atoms with van der Waals surface area (Å²) in [5, 5.41) is 14.0. The molecular weight excluding hydrogens is 288 g/mol. The number of benzene rings is 2. The molecule has 0 spiro atoms. The van der Waals surface area contributed by atoms with Crippen LogP contribution in [0.5, 0.6) is 0 Å². The molecule has 3 rings (SSSR count). The Morgan fingerprint density at radius 1 is 1.09 bits per heavy atom. The van der Waals surface area contributed by atoms with Crippen molar-refractivity contribution in [2.45, 2.75) is 20.3 Å². The number of carboxylic acids is 1. The first kappa shape index (κ1) is 15.0. The van der Waals surface area contributed by atoms with Crippen LogP contribution in [0.25, 0.3) is 16.9 Å². The third-order valence-electron chi connectivity index (χ3n) is 3.86. The molecule has 3 aromatic rings. The maximum absolute atomic E-state index is 11.5. The van der Waals surface area contributed by atoms with Crippen molar-refractivity contribution < 1.29 is 9.90 Å². The van der Waals surface area contributed by atoms with Gasteiger partial charge in [0, 0.05) is 5.56 Å². The highest BCUT2D eigenvalue weighted by atomic mass is 16.4. The topological polar surface area (TPSA) is 55.1 Å². The van der Waals surface area contributed by atoms with E-state index in [0.717, 1.165) is 23.2 Å². The minimum atomic E-state index is -0.991. The summed E-state index contributed by atoms with van der Waals surface area (Å²) < 4.78 is 1.48. The first-order valence-corrected chi connectivity index (χ1v) is 7.58. The zero-order valence-corrected chi connectivity index (χ0v) is 13.2. The fourth-order valence-corrected chi connectivity index (χ4v) is 2.47. The Hall–Kier alpha value is -2.88. The van der Waals surface area contributed by atoms with E-state index in [1.807, 2.05) is 55.5 Å². The molecule has 0 atom stereocenters. The third-order valence-corrected chi connectivity index (χ3v) is 3.86. The van der Waals surface area contributed by atoms with E-state index < -0.39 is 5.97 Å². The van der Waals surface area contributed by atoms with Gasteiger partial charge in [-0.2, -0.15) is 5.10 Å². The van der Waals surface area contributed by atoms with Crippen LogP contribution >= 0.6 is 0 Å². The molecule has 4 nitrogen and oxygen atoms in total. The molecule has 0 saturated carbocycles. The molecule has 0 unspecified atom stereocenters. The van der Waals surface area contributed by atoms with Crippen molar-refractivity contribution >= 4 is 5.97 Å². The van der Waals surface area contributed by atoms with Gasteiger partial charge < -0.3 is 5.11 Å². The molecule has 4 heteroatoms. The SMILES string of the molecule is CCc1ccc(-c2cc(C(=O)O)n(-c3ccc(C)cc3)n2)cc1. The van der Waals surface area contributed by atoms with Crippen LogP contribution in [0.3, 0.4) is 0 Å². The lowest BCUT2D eigenvalue weighted by Crippen LogP contribution is -2.07. The van der Waals surface area contributed by atoms with E-state index in [4.69, 9.17) is 0 Å². The first-order chi connectivity index (χ1) is 11.1. The Labute approximate surface area is 135 Å². The molecule has 116 valence electrons. The van der Waals surface area contributed by atoms with Crippen LogP contribution in [0.4, 0.5) is 0 Å². The predicted octanol–water partition coefficient (Wildman–Crippen LogP) is 4.11. The Bertz CT molecular complexity index is 831. The van der Waals surface area contributed by atoms with Crippen molar-refractivity contribution in [3.63, 3.8) is 0 Å². The summed E-state index contributed by atoms with van der Waals surface area (Å²) in [6, 6.07) is 17.3. The van der Waals surface area contributed by atoms with Gasteiger partial charge in [-0.25, -0.2) is 9.48 Å². The van der Waals surface area contributed by atoms with Crippen LogP contribution in [0.2, 0.25) is 0 Å². The molecule has 0 aliphatic heterocycles. The van der Waals surface area contributed by atoms with E-state index >= 15 is 0 Å². The summed E-state index contributed by atoms with van der Waals surface area (Å²) >= 11 is 0. The van der Waals surface area contributed by atoms with Crippen LogP contribution < -0.4 is 0 Å². The summed E-state index contributed by atoms with van der Waals surface area (Å²) in [4.78, 5) is 11.5. The standard InChI is InChI=1S/C19H18N2O2/c1-3-14-6-8-15(9-7-14)17-12-18(19(22)23)21(20-17)16-10-4-13(2)5-11-16/h4-12H,3H2,1-2H3,(H,22,23). The summed E-state index contributed by atoms with van der Waals surface area (Å²) in [7, 11) is 0. The molecule has 1 N–H and O–H groups in total. The second-order valence-corrected chi connectivity index (χ2v) is 5.52. The van der Waals surface area contributed by atoms with Gasteiger partial charge in [0.2, 0.25) is 0 Å². The second kappa shape index (κ2) is 6.08. The highest BCUT2D eigenvalue weighted by Gasteiger charge is 2.16. The van der Waals surface area contributed by atoms with Crippen LogP contribution in [-0.4, -0.2) is 20.9 Å². The fraction of sp³-hybridized carbons (Fsp3) is 0.158. The van der Waals surface area contributed by atoms with Gasteiger partial charge in [0.1, 0.15) is 0 Å². The van der Waals surface area contributed by atoms with Crippen molar-refractivity contribution in [2.75, 3.05) is 0 Å². The van der Waals surface area contributed by atoms with E-state index in [2.05, 4.69) is 12.0 Å². The zero-order chi connectivity index (χ0) is 16.4. The maximum atomic E-state index is 11.5. The van der Waals surface area contributed by atoms with Crippen LogP contribution in [0.15, 0.2) is 54.6 Å². The van der Waals surface area contributed by atoms with Crippen molar-refractivity contribution in [3.05, 3.63) is 71.4 Å². The van der Waals surface area contributed by atoms with Crippen molar-refractivity contribution in [1.29, 1.82) is 0 Å². The minimum absolute atomic E-state index is 0.156. The number of carbonyl (C=O) groups is 1. The quantitative estimate of drug-likeness (QED) is 0.789. The summed E-state index contributed by atoms with van der Waals surface area (Å²) in [6.07, 6.45) is 0.971. The number of aryl methyl sites for hydroxylation is 2. The summed E-state index contributed by atoms with van der Waals surface area (Å²) in [5.74, 6) is -0.991. The number of aromatic nitrogens is 2. The molecule has 1 heterocycles. The van der Waals surface area contributed by atoms with Gasteiger partial charge in [0.05, 0.1) is 11.4 Å². The largest absolute Gasteiger partial charge is 0.477 e. The molecule has 0 aliphatic carbocycles. The Morgan fingerprint density at radius 3 is 2.30 bits per heavy atom. The normalized spacial score (nSPS) is 10.7. The van der Waals surface area contributed by atoms with Gasteiger partial charge in [-0.3, -0.25) is 0 Å². The average molecular weight is 306 g/mol. The Morgan fingerprint density at radius 2 is 1.74 bits per heavy atom. The second-order valence-electron chi connectivity index (χ2n) is 5.52. The lowest BCUT2D eigenvalue weighted by Gasteiger charge is -2.04. The summed E-state index contributed by atoms with van der Waals surface area (Å²) in [6.45, 7) is 4.09. The van der Waals surface area contributed by atoms with E-state index in [9.17, 15) is 9.90 Å². The smallest absolute Gasteiger partial charge is 0.354 e. The molecule has 0 radical (unpaired) electrons. The highest BCUT2D eigenvalue weighted by molar-refractivity contribution is 5.88. The molecule has 23 heavy (non-hydrogen) atoms. The monoisotopic (exact) mass is 306 g/mol. The summed E-state index contributed by atoms with van der Waals surface area (Å²) in [5.41, 5.74) is 4.83. The van der Waals surface area contributed by atoms with Crippen LogP contribution in [0.1, 0.15) is 28.5 Å². The van der Waals surface area contributed by atoms with Gasteiger partial charge in [-0.15, -0.1) is 0 Å². The Kier molecular flexibility index (Phi) is 3.98. The molecule has 1 aromatic heterocycles. The predicted molar refractivity (Wildman–Crippen MR) is 90.1 cm³/mol. The van der Waals surface area contributed by atoms with E-state index in [-0.39, 0.29) is 5.69 Å². The zero-order valence-electron chi connectivity index (χ0n) is 13.2. The molecular formula is C19H18N2O2. The third kappa shape index (κ3) is 3.01. The van der Waals surface area contributed by atoms with Gasteiger partial charge in [-0.05, 0) is 37.1 Å². The molecule has 0 amide bonds. The number of aromatic carboxylic acids is 1. The van der Waals surface area contributed by atoms with Crippen LogP contribution in [0, 0.1) is 6.92 Å². The first-order valence-electron chi connectivity index (χ1n) is 7.58. The molecule has 0 fully saturated rings. The number of nitrogens with zero attached hydrogens (tertiary/aromatic N) is 2. The number of hydrogen-bond donors (Lipinski definition) is 1. The lowest BCUT2D eigenvalue weighted by molar-refractivity contribution is 0.0687. The number of carboxylic acid groups (broad SMARTS) is 1. The maximum Gasteiger partial charge on any atom is 0.354 e. The number of hydrogen-bond acceptors (Lipinski definition) is 2. The van der Waals surface area contributed by atoms with E-state index in [1.54, 1.807) is 6.07 Å². The molecule has 0 saturated heterocycles. The average Bonchev–Trinajstić information content (AvgIpc) is 3.01. The van der Waals surface area contributed by atoms with Gasteiger partial charge in [-0.1, -0.05) is 48.9 Å². The van der Waals surface area contributed by atoms with Gasteiger partial charge in [0.15, 0.2) is 5.69 Å². The molecule has 0 aliphatic rings. The van der Waals surface area contributed by atoms with Crippen LogP contribution in [-0.2, 0) is 6.42 Å². The molecule has 2 aromatic carbocycles. The fourth-order valence-electron chi connectivity index (χ4n) is 2.47. The number of rotatable bonds is 4. The van der Waals surface area contributed by atoms with Gasteiger partial charge in [0.25, 0.3) is 0 Å². The van der Waals surface area contributed by atoms with E-state index in [1.165, 1.54) is 10.2 Å². The van der Waals surface area contributed by atoms with E-state index in [0.29, 0.717) is 5.69 Å². The van der Waals surface area contributed by atoms with Gasteiger partial charge >= 0.3 is 5.97 Å². The Balaban J connectivity index is 2.07. The van der Waals surface area contributed by atoms with Crippen molar-refractivity contribution in [3.8, 4) is 16.9 Å². The minimum Gasteiger partial charge on any atom is -0.477 e. The lowest BCUT2D eigenvalue weighted by atomic mass is 10.1. The molecule has 0 bridgehead atoms. The van der Waals surface area contributed by atoms with Crippen molar-refractivity contribution in [2.24, 2.45) is 0 Å². The highest BCUT2D eigenvalue weighted by Crippen LogP contribution is 2.22. The van der Waals surface area contributed by atoms with Crippen molar-refractivity contribution in [1.82, 2.24) is 9.78 Å².